The summed E-state index contributed by atoms with van der Waals surface area (Å²) in [5.41, 5.74) is 8.12. The van der Waals surface area contributed by atoms with Crippen molar-refractivity contribution in [3.8, 4) is 5.75 Å². The fourth-order valence-corrected chi connectivity index (χ4v) is 2.77. The number of aliphatic hydroxyl groups excluding tert-OH is 1. The Morgan fingerprint density at radius 1 is 1.55 bits per heavy atom. The van der Waals surface area contributed by atoms with E-state index in [0.29, 0.717) is 29.4 Å². The van der Waals surface area contributed by atoms with Crippen LogP contribution in [0.5, 0.6) is 5.75 Å². The maximum atomic E-state index is 10.4. The Balaban J connectivity index is 2.43. The van der Waals surface area contributed by atoms with Gasteiger partial charge >= 0.3 is 0 Å². The highest BCUT2D eigenvalue weighted by Gasteiger charge is 2.24. The zero-order valence-electron chi connectivity index (χ0n) is 11.5. The first-order chi connectivity index (χ1) is 9.60. The minimum Gasteiger partial charge on any atom is -0.505 e. The van der Waals surface area contributed by atoms with Gasteiger partial charge in [-0.25, -0.2) is 0 Å². The Morgan fingerprint density at radius 3 is 2.95 bits per heavy atom. The Labute approximate surface area is 123 Å². The molecule has 1 unspecified atom stereocenters. The van der Waals surface area contributed by atoms with Crippen molar-refractivity contribution in [1.29, 1.82) is 0 Å². The lowest BCUT2D eigenvalue weighted by molar-refractivity contribution is 0.158. The molecule has 0 saturated heterocycles. The molecule has 0 radical (unpaired) electrons. The third-order valence-corrected chi connectivity index (χ3v) is 3.94. The van der Waals surface area contributed by atoms with Crippen LogP contribution < -0.4 is 5.73 Å². The smallest absolute Gasteiger partial charge is 0.147 e. The summed E-state index contributed by atoms with van der Waals surface area (Å²) >= 11 is 6.28. The van der Waals surface area contributed by atoms with Crippen LogP contribution in [-0.4, -0.2) is 41.0 Å². The number of aromatic hydroxyl groups is 1. The van der Waals surface area contributed by atoms with E-state index in [2.05, 4.69) is 4.99 Å². The van der Waals surface area contributed by atoms with Crippen LogP contribution in [-0.2, 0) is 6.42 Å². The van der Waals surface area contributed by atoms with Gasteiger partial charge in [-0.1, -0.05) is 18.5 Å². The van der Waals surface area contributed by atoms with Gasteiger partial charge in [0.05, 0.1) is 12.8 Å². The fraction of sp³-hybridized carbons (Fsp3) is 0.500. The van der Waals surface area contributed by atoms with Crippen molar-refractivity contribution >= 4 is 23.5 Å². The van der Waals surface area contributed by atoms with Gasteiger partial charge in [-0.2, -0.15) is 0 Å². The van der Waals surface area contributed by atoms with Crippen molar-refractivity contribution in [3.63, 3.8) is 0 Å². The summed E-state index contributed by atoms with van der Waals surface area (Å²) in [4.78, 5) is 6.11. The SMILES string of the molecule is CCN(CCO)C(N)c1cc(Cl)c2c(c1O)N=CCC2. The van der Waals surface area contributed by atoms with E-state index in [1.807, 2.05) is 11.8 Å². The number of phenols is 1. The minimum absolute atomic E-state index is 0.0130. The number of hydrogen-bond donors (Lipinski definition) is 3. The van der Waals surface area contributed by atoms with Crippen LogP contribution >= 0.6 is 11.6 Å². The maximum Gasteiger partial charge on any atom is 0.147 e. The second kappa shape index (κ2) is 6.54. The Hall–Kier alpha value is -1.14. The molecule has 5 nitrogen and oxygen atoms in total. The lowest BCUT2D eigenvalue weighted by Gasteiger charge is -2.28. The quantitative estimate of drug-likeness (QED) is 0.726. The molecule has 1 atom stereocenters. The molecule has 0 fully saturated rings. The molecule has 110 valence electrons. The van der Waals surface area contributed by atoms with Gasteiger partial charge in [0, 0.05) is 28.9 Å². The van der Waals surface area contributed by atoms with E-state index in [4.69, 9.17) is 22.4 Å². The molecule has 2 rings (SSSR count). The Kier molecular flexibility index (Phi) is 4.99. The van der Waals surface area contributed by atoms with Gasteiger partial charge in [0.15, 0.2) is 0 Å². The van der Waals surface area contributed by atoms with Crippen LogP contribution in [0.15, 0.2) is 11.1 Å². The number of halogens is 1. The van der Waals surface area contributed by atoms with Gasteiger partial charge in [-0.15, -0.1) is 0 Å². The molecule has 0 aliphatic carbocycles. The second-order valence-corrected chi connectivity index (χ2v) is 5.18. The molecule has 0 amide bonds. The van der Waals surface area contributed by atoms with Crippen molar-refractivity contribution < 1.29 is 10.2 Å². The second-order valence-electron chi connectivity index (χ2n) is 4.77. The number of hydrogen-bond acceptors (Lipinski definition) is 5. The van der Waals surface area contributed by atoms with E-state index in [9.17, 15) is 5.11 Å². The third kappa shape index (κ3) is 2.81. The van der Waals surface area contributed by atoms with Gasteiger partial charge in [0.2, 0.25) is 0 Å². The molecular formula is C14H20ClN3O2. The van der Waals surface area contributed by atoms with Gasteiger partial charge in [-0.3, -0.25) is 9.89 Å². The first-order valence-corrected chi connectivity index (χ1v) is 7.15. The predicted molar refractivity (Wildman–Crippen MR) is 80.9 cm³/mol. The average molecular weight is 298 g/mol. The first kappa shape index (κ1) is 15.3. The maximum absolute atomic E-state index is 10.4. The summed E-state index contributed by atoms with van der Waals surface area (Å²) in [6, 6.07) is 1.71. The number of likely N-dealkylation sites (N-methyl/N-ethyl adjacent to an activating group) is 1. The van der Waals surface area contributed by atoms with Crippen LogP contribution in [0.4, 0.5) is 5.69 Å². The highest BCUT2D eigenvalue weighted by molar-refractivity contribution is 6.32. The van der Waals surface area contributed by atoms with E-state index < -0.39 is 6.17 Å². The van der Waals surface area contributed by atoms with Gasteiger partial charge in [-0.05, 0) is 25.5 Å². The molecule has 0 saturated carbocycles. The molecule has 1 aliphatic rings. The fourth-order valence-electron chi connectivity index (χ4n) is 2.47. The van der Waals surface area contributed by atoms with E-state index in [1.54, 1.807) is 12.3 Å². The number of fused-ring (bicyclic) bond motifs is 1. The summed E-state index contributed by atoms with van der Waals surface area (Å²) in [6.45, 7) is 3.07. The van der Waals surface area contributed by atoms with Crippen molar-refractivity contribution in [2.75, 3.05) is 19.7 Å². The van der Waals surface area contributed by atoms with Crippen LogP contribution in [0.1, 0.15) is 30.6 Å². The van der Waals surface area contributed by atoms with Crippen LogP contribution in [0, 0.1) is 0 Å². The largest absolute Gasteiger partial charge is 0.505 e. The van der Waals surface area contributed by atoms with Crippen LogP contribution in [0.2, 0.25) is 5.02 Å². The van der Waals surface area contributed by atoms with Gasteiger partial charge < -0.3 is 15.9 Å². The highest BCUT2D eigenvalue weighted by Crippen LogP contribution is 2.43. The summed E-state index contributed by atoms with van der Waals surface area (Å²) in [7, 11) is 0. The molecule has 6 heteroatoms. The number of nitrogens with two attached hydrogens (primary N) is 1. The van der Waals surface area contributed by atoms with Gasteiger partial charge in [0.1, 0.15) is 11.4 Å². The molecular weight excluding hydrogens is 278 g/mol. The highest BCUT2D eigenvalue weighted by atomic mass is 35.5. The number of nitrogens with zero attached hydrogens (tertiary/aromatic N) is 2. The van der Waals surface area contributed by atoms with E-state index in [-0.39, 0.29) is 12.4 Å². The summed E-state index contributed by atoms with van der Waals surface area (Å²) in [6.07, 6.45) is 2.85. The van der Waals surface area contributed by atoms with Crippen molar-refractivity contribution in [1.82, 2.24) is 4.90 Å². The number of aliphatic hydroxyl groups is 1. The predicted octanol–water partition coefficient (Wildman–Crippen LogP) is 1.97. The van der Waals surface area contributed by atoms with E-state index in [0.717, 1.165) is 18.4 Å². The number of benzene rings is 1. The van der Waals surface area contributed by atoms with Crippen molar-refractivity contribution in [2.45, 2.75) is 25.9 Å². The van der Waals surface area contributed by atoms with Crippen LogP contribution in [0.25, 0.3) is 0 Å². The number of phenolic OH excluding ortho intramolecular Hbond substituents is 1. The molecule has 1 aromatic rings. The minimum atomic E-state index is -0.521. The lowest BCUT2D eigenvalue weighted by Crippen LogP contribution is -2.36. The number of aliphatic imine (C=N–C) groups is 1. The Morgan fingerprint density at radius 2 is 2.30 bits per heavy atom. The molecule has 0 bridgehead atoms. The Bertz CT molecular complexity index is 520. The first-order valence-electron chi connectivity index (χ1n) is 6.77. The zero-order chi connectivity index (χ0) is 14.7. The standard InChI is InChI=1S/C14H20ClN3O2/c1-2-18(6-7-19)14(16)10-8-11(15)9-4-3-5-17-12(9)13(10)20/h5,8,14,19-20H,2-4,6-7,16H2,1H3. The summed E-state index contributed by atoms with van der Waals surface area (Å²) in [5.74, 6) is 0.0873. The molecule has 4 N–H and O–H groups in total. The molecule has 0 spiro atoms. The topological polar surface area (TPSA) is 82.1 Å². The summed E-state index contributed by atoms with van der Waals surface area (Å²) in [5, 5.41) is 20.1. The van der Waals surface area contributed by atoms with Crippen LogP contribution in [0.3, 0.4) is 0 Å². The lowest BCUT2D eigenvalue weighted by atomic mass is 9.99. The zero-order valence-corrected chi connectivity index (χ0v) is 12.3. The van der Waals surface area contributed by atoms with Gasteiger partial charge in [0.25, 0.3) is 0 Å². The molecule has 1 aromatic carbocycles. The monoisotopic (exact) mass is 297 g/mol. The summed E-state index contributed by atoms with van der Waals surface area (Å²) < 4.78 is 0. The van der Waals surface area contributed by atoms with Crippen molar-refractivity contribution in [3.05, 3.63) is 22.2 Å². The molecule has 20 heavy (non-hydrogen) atoms. The van der Waals surface area contributed by atoms with E-state index in [1.165, 1.54) is 0 Å². The normalized spacial score (nSPS) is 15.4. The molecule has 1 heterocycles. The number of rotatable bonds is 5. The average Bonchev–Trinajstić information content (AvgIpc) is 2.48. The third-order valence-electron chi connectivity index (χ3n) is 3.60. The van der Waals surface area contributed by atoms with E-state index >= 15 is 0 Å². The molecule has 1 aliphatic heterocycles. The molecule has 0 aromatic heterocycles. The van der Waals surface area contributed by atoms with Crippen molar-refractivity contribution in [2.24, 2.45) is 10.7 Å².